The molecule has 0 bridgehead atoms. The molecule has 274 valence electrons. The molecule has 0 saturated heterocycles. The molecule has 0 unspecified atom stereocenters. The van der Waals surface area contributed by atoms with Gasteiger partial charge in [-0.1, -0.05) is 120 Å². The molecule has 7 nitrogen and oxygen atoms in total. The van der Waals surface area contributed by atoms with Crippen LogP contribution in [0.4, 0.5) is 34.5 Å². The SMILES string of the molecule is Cc1cc(C)c(N(c2ccc(N(c3ccncn3)c3nc(-c4ccccc4)nc(-c4ccccc4-c4ccccc4)n3)cc2)c2c(C)cc(C)cc2C)c(C)c1. The van der Waals surface area contributed by atoms with Gasteiger partial charge in [0, 0.05) is 23.0 Å². The Balaban J connectivity index is 1.32. The summed E-state index contributed by atoms with van der Waals surface area (Å²) >= 11 is 0. The minimum atomic E-state index is 0.440. The van der Waals surface area contributed by atoms with Crippen molar-refractivity contribution < 1.29 is 0 Å². The molecule has 2 heterocycles. The molecule has 0 aliphatic carbocycles. The lowest BCUT2D eigenvalue weighted by Crippen LogP contribution is -2.18. The van der Waals surface area contributed by atoms with Crippen LogP contribution in [-0.2, 0) is 0 Å². The van der Waals surface area contributed by atoms with Crippen LogP contribution in [-0.4, -0.2) is 24.9 Å². The van der Waals surface area contributed by atoms with Gasteiger partial charge in [-0.05, 0) is 105 Å². The van der Waals surface area contributed by atoms with Crippen molar-refractivity contribution >= 4 is 34.5 Å². The molecular weight excluding hydrogens is 687 g/mol. The van der Waals surface area contributed by atoms with Crippen LogP contribution in [0.2, 0.25) is 0 Å². The van der Waals surface area contributed by atoms with Crippen molar-refractivity contribution in [3.8, 4) is 33.9 Å². The second-order valence-electron chi connectivity index (χ2n) is 14.3. The molecule has 0 aliphatic heterocycles. The van der Waals surface area contributed by atoms with Gasteiger partial charge in [-0.25, -0.2) is 15.0 Å². The zero-order chi connectivity index (χ0) is 38.8. The van der Waals surface area contributed by atoms with Gasteiger partial charge in [-0.15, -0.1) is 0 Å². The van der Waals surface area contributed by atoms with Crippen LogP contribution >= 0.6 is 0 Å². The molecule has 0 amide bonds. The molecule has 0 aliphatic rings. The largest absolute Gasteiger partial charge is 0.309 e. The predicted molar refractivity (Wildman–Crippen MR) is 230 cm³/mol. The van der Waals surface area contributed by atoms with Gasteiger partial charge in [-0.2, -0.15) is 9.97 Å². The Hall–Kier alpha value is -6.99. The number of aromatic nitrogens is 5. The molecule has 0 fully saturated rings. The van der Waals surface area contributed by atoms with Gasteiger partial charge in [0.05, 0.1) is 17.1 Å². The molecule has 0 saturated carbocycles. The third-order valence-electron chi connectivity index (χ3n) is 9.99. The molecule has 8 aromatic rings. The van der Waals surface area contributed by atoms with E-state index in [1.165, 1.54) is 44.8 Å². The van der Waals surface area contributed by atoms with Crippen LogP contribution in [0.15, 0.2) is 152 Å². The first-order chi connectivity index (χ1) is 27.2. The second-order valence-corrected chi connectivity index (χ2v) is 14.3. The lowest BCUT2D eigenvalue weighted by Gasteiger charge is -2.32. The molecule has 0 spiro atoms. The number of hydrogen-bond acceptors (Lipinski definition) is 7. The quantitative estimate of drug-likeness (QED) is 0.146. The van der Waals surface area contributed by atoms with Gasteiger partial charge < -0.3 is 4.90 Å². The molecular formula is C49H43N7. The summed E-state index contributed by atoms with van der Waals surface area (Å²) in [5.41, 5.74) is 15.5. The van der Waals surface area contributed by atoms with E-state index in [4.69, 9.17) is 19.9 Å². The maximum absolute atomic E-state index is 5.22. The van der Waals surface area contributed by atoms with E-state index in [1.807, 2.05) is 71.6 Å². The summed E-state index contributed by atoms with van der Waals surface area (Å²) < 4.78 is 0. The number of hydrogen-bond donors (Lipinski definition) is 0. The highest BCUT2D eigenvalue weighted by molar-refractivity contribution is 5.86. The average molecular weight is 730 g/mol. The van der Waals surface area contributed by atoms with Gasteiger partial charge >= 0.3 is 0 Å². The Morgan fingerprint density at radius 1 is 0.429 bits per heavy atom. The summed E-state index contributed by atoms with van der Waals surface area (Å²) in [7, 11) is 0. The van der Waals surface area contributed by atoms with Gasteiger partial charge in [0.15, 0.2) is 11.6 Å². The Morgan fingerprint density at radius 2 is 0.911 bits per heavy atom. The average Bonchev–Trinajstić information content (AvgIpc) is 3.21. The summed E-state index contributed by atoms with van der Waals surface area (Å²) in [6.45, 7) is 13.1. The van der Waals surface area contributed by atoms with E-state index in [0.717, 1.165) is 33.6 Å². The Kier molecular flexibility index (Phi) is 9.90. The number of aryl methyl sites for hydroxylation is 6. The summed E-state index contributed by atoms with van der Waals surface area (Å²) in [6, 6.07) is 48.1. The monoisotopic (exact) mass is 729 g/mol. The van der Waals surface area contributed by atoms with E-state index in [2.05, 4.69) is 124 Å². The van der Waals surface area contributed by atoms with Crippen molar-refractivity contribution in [2.24, 2.45) is 0 Å². The van der Waals surface area contributed by atoms with Crippen LogP contribution in [0, 0.1) is 41.5 Å². The van der Waals surface area contributed by atoms with Crippen LogP contribution in [0.1, 0.15) is 33.4 Å². The Bertz CT molecular complexity index is 2540. The second kappa shape index (κ2) is 15.4. The zero-order valence-corrected chi connectivity index (χ0v) is 32.6. The van der Waals surface area contributed by atoms with Crippen molar-refractivity contribution in [3.63, 3.8) is 0 Å². The predicted octanol–water partition coefficient (Wildman–Crippen LogP) is 12.5. The van der Waals surface area contributed by atoms with Gasteiger partial charge in [-0.3, -0.25) is 4.90 Å². The number of anilines is 6. The molecule has 0 N–H and O–H groups in total. The highest BCUT2D eigenvalue weighted by Gasteiger charge is 2.24. The van der Waals surface area contributed by atoms with E-state index in [0.29, 0.717) is 23.4 Å². The minimum Gasteiger partial charge on any atom is -0.309 e. The van der Waals surface area contributed by atoms with Crippen molar-refractivity contribution in [1.82, 2.24) is 24.9 Å². The van der Waals surface area contributed by atoms with E-state index in [1.54, 1.807) is 12.5 Å². The lowest BCUT2D eigenvalue weighted by molar-refractivity contribution is 0.999. The van der Waals surface area contributed by atoms with Crippen molar-refractivity contribution in [2.75, 3.05) is 9.80 Å². The standard InChI is InChI=1S/C49H43N7/c1-32-27-34(3)45(35(4)28-32)56(46-36(5)29-33(2)30-37(46)6)41-23-21-40(22-24-41)55(44-25-26-50-31-51-44)49-53-47(39-17-11-8-12-18-39)52-48(54-49)43-20-14-13-19-42(43)38-15-9-7-10-16-38/h7-31H,1-6H3. The number of benzene rings is 6. The maximum Gasteiger partial charge on any atom is 0.239 e. The number of rotatable bonds is 9. The molecule has 0 atom stereocenters. The van der Waals surface area contributed by atoms with E-state index in [-0.39, 0.29) is 0 Å². The zero-order valence-electron chi connectivity index (χ0n) is 32.6. The fourth-order valence-electron chi connectivity index (χ4n) is 7.79. The first-order valence-corrected chi connectivity index (χ1v) is 18.8. The van der Waals surface area contributed by atoms with E-state index >= 15 is 0 Å². The van der Waals surface area contributed by atoms with Gasteiger partial charge in [0.1, 0.15) is 12.1 Å². The highest BCUT2D eigenvalue weighted by Crippen LogP contribution is 2.44. The summed E-state index contributed by atoms with van der Waals surface area (Å²) in [6.07, 6.45) is 3.29. The molecule has 2 aromatic heterocycles. The topological polar surface area (TPSA) is 70.9 Å². The molecule has 56 heavy (non-hydrogen) atoms. The van der Waals surface area contributed by atoms with Crippen LogP contribution < -0.4 is 9.80 Å². The molecule has 6 aromatic carbocycles. The summed E-state index contributed by atoms with van der Waals surface area (Å²) in [5.74, 6) is 2.19. The van der Waals surface area contributed by atoms with Crippen molar-refractivity contribution in [3.05, 3.63) is 185 Å². The highest BCUT2D eigenvalue weighted by atomic mass is 15.3. The molecule has 0 radical (unpaired) electrons. The summed E-state index contributed by atoms with van der Waals surface area (Å²) in [5, 5.41) is 0. The lowest BCUT2D eigenvalue weighted by atomic mass is 9.98. The van der Waals surface area contributed by atoms with E-state index < -0.39 is 0 Å². The van der Waals surface area contributed by atoms with Crippen LogP contribution in [0.5, 0.6) is 0 Å². The maximum atomic E-state index is 5.22. The van der Waals surface area contributed by atoms with Crippen LogP contribution in [0.3, 0.4) is 0 Å². The first kappa shape index (κ1) is 36.0. The normalized spacial score (nSPS) is 11.0. The van der Waals surface area contributed by atoms with Gasteiger partial charge in [0.2, 0.25) is 5.95 Å². The molecule has 8 rings (SSSR count). The minimum absolute atomic E-state index is 0.440. The molecule has 7 heteroatoms. The van der Waals surface area contributed by atoms with E-state index in [9.17, 15) is 0 Å². The third kappa shape index (κ3) is 7.15. The Morgan fingerprint density at radius 3 is 1.45 bits per heavy atom. The summed E-state index contributed by atoms with van der Waals surface area (Å²) in [4.78, 5) is 28.8. The van der Waals surface area contributed by atoms with Crippen LogP contribution in [0.25, 0.3) is 33.9 Å². The van der Waals surface area contributed by atoms with Gasteiger partial charge in [0.25, 0.3) is 0 Å². The number of nitrogens with zero attached hydrogens (tertiary/aromatic N) is 7. The van der Waals surface area contributed by atoms with Crippen molar-refractivity contribution in [1.29, 1.82) is 0 Å². The fraction of sp³-hybridized carbons (Fsp3) is 0.122. The fourth-order valence-corrected chi connectivity index (χ4v) is 7.79. The third-order valence-corrected chi connectivity index (χ3v) is 9.99. The van der Waals surface area contributed by atoms with Crippen molar-refractivity contribution in [2.45, 2.75) is 41.5 Å². The Labute approximate surface area is 329 Å². The smallest absolute Gasteiger partial charge is 0.239 e. The first-order valence-electron chi connectivity index (χ1n) is 18.8.